The van der Waals surface area contributed by atoms with Gasteiger partial charge in [0.15, 0.2) is 0 Å². The number of aliphatic hydroxyl groups is 1. The Balaban J connectivity index is 3.15. The molecule has 0 radical (unpaired) electrons. The van der Waals surface area contributed by atoms with E-state index in [0.717, 1.165) is 6.07 Å². The lowest BCUT2D eigenvalue weighted by Gasteiger charge is -2.10. The minimum atomic E-state index is -0.714. The summed E-state index contributed by atoms with van der Waals surface area (Å²) in [7, 11) is 0. The summed E-state index contributed by atoms with van der Waals surface area (Å²) in [6, 6.07) is 1.92. The van der Waals surface area contributed by atoms with Gasteiger partial charge in [0.25, 0.3) is 0 Å². The first-order valence-electron chi connectivity index (χ1n) is 3.57. The molecule has 0 bridgehead atoms. The molecule has 0 heterocycles. The lowest BCUT2D eigenvalue weighted by molar-refractivity contribution is 0.265. The molecule has 0 saturated heterocycles. The molecule has 13 heavy (non-hydrogen) atoms. The predicted molar refractivity (Wildman–Crippen MR) is 53.1 cm³/mol. The Kier molecular flexibility index (Phi) is 3.67. The smallest absolute Gasteiger partial charge is 0.129 e. The van der Waals surface area contributed by atoms with Crippen LogP contribution in [0, 0.1) is 5.82 Å². The molecular formula is C8H8BrClFNO. The van der Waals surface area contributed by atoms with Crippen molar-refractivity contribution in [1.29, 1.82) is 0 Å². The number of nitrogens with two attached hydrogens (primary N) is 1. The molecule has 1 unspecified atom stereocenters. The molecule has 72 valence electrons. The van der Waals surface area contributed by atoms with Crippen LogP contribution in [-0.4, -0.2) is 11.7 Å². The minimum absolute atomic E-state index is 0.249. The summed E-state index contributed by atoms with van der Waals surface area (Å²) in [5.74, 6) is -0.505. The number of rotatable bonds is 2. The Bertz CT molecular complexity index is 321. The van der Waals surface area contributed by atoms with Gasteiger partial charge in [-0.2, -0.15) is 0 Å². The van der Waals surface area contributed by atoms with E-state index in [1.807, 2.05) is 0 Å². The molecule has 0 fully saturated rings. The summed E-state index contributed by atoms with van der Waals surface area (Å²) in [5, 5.41) is 9.02. The lowest BCUT2D eigenvalue weighted by Crippen LogP contribution is -2.16. The highest BCUT2D eigenvalue weighted by Crippen LogP contribution is 2.27. The maximum absolute atomic E-state index is 13.2. The highest BCUT2D eigenvalue weighted by Gasteiger charge is 2.12. The standard InChI is InChI=1S/C8H8BrClFNO/c9-5-1-4(8(12)3-13)7(11)2-6(5)10/h1-2,8,13H,3,12H2. The second-order valence-corrected chi connectivity index (χ2v) is 3.84. The first-order chi connectivity index (χ1) is 6.06. The largest absolute Gasteiger partial charge is 0.394 e. The van der Waals surface area contributed by atoms with Crippen LogP contribution in [0.25, 0.3) is 0 Å². The Morgan fingerprint density at radius 2 is 2.23 bits per heavy atom. The second-order valence-electron chi connectivity index (χ2n) is 2.58. The molecule has 1 rings (SSSR count). The average molecular weight is 269 g/mol. The van der Waals surface area contributed by atoms with Crippen molar-refractivity contribution >= 4 is 27.5 Å². The molecule has 0 aliphatic carbocycles. The number of hydrogen-bond acceptors (Lipinski definition) is 2. The van der Waals surface area contributed by atoms with Crippen LogP contribution in [0.2, 0.25) is 5.02 Å². The maximum Gasteiger partial charge on any atom is 0.129 e. The minimum Gasteiger partial charge on any atom is -0.394 e. The SMILES string of the molecule is NC(CO)c1cc(Br)c(Cl)cc1F. The van der Waals surface area contributed by atoms with Crippen LogP contribution in [0.4, 0.5) is 4.39 Å². The molecule has 3 N–H and O–H groups in total. The van der Waals surface area contributed by atoms with Gasteiger partial charge in [0.2, 0.25) is 0 Å². The Morgan fingerprint density at radius 1 is 1.62 bits per heavy atom. The first-order valence-corrected chi connectivity index (χ1v) is 4.74. The van der Waals surface area contributed by atoms with Crippen molar-refractivity contribution in [3.63, 3.8) is 0 Å². The van der Waals surface area contributed by atoms with E-state index in [-0.39, 0.29) is 17.2 Å². The molecule has 0 aliphatic heterocycles. The van der Waals surface area contributed by atoms with Crippen LogP contribution < -0.4 is 5.73 Å². The fraction of sp³-hybridized carbons (Fsp3) is 0.250. The van der Waals surface area contributed by atoms with Crippen molar-refractivity contribution in [3.05, 3.63) is 33.0 Å². The van der Waals surface area contributed by atoms with Gasteiger partial charge in [0.1, 0.15) is 5.82 Å². The van der Waals surface area contributed by atoms with Gasteiger partial charge in [-0.15, -0.1) is 0 Å². The van der Waals surface area contributed by atoms with E-state index in [1.165, 1.54) is 6.07 Å². The van der Waals surface area contributed by atoms with Crippen LogP contribution in [-0.2, 0) is 0 Å². The zero-order valence-corrected chi connectivity index (χ0v) is 8.94. The van der Waals surface area contributed by atoms with E-state index in [0.29, 0.717) is 4.47 Å². The van der Waals surface area contributed by atoms with Crippen LogP contribution in [0.1, 0.15) is 11.6 Å². The molecule has 0 spiro atoms. The topological polar surface area (TPSA) is 46.2 Å². The number of benzene rings is 1. The van der Waals surface area contributed by atoms with Gasteiger partial charge in [-0.1, -0.05) is 11.6 Å². The molecule has 1 aromatic carbocycles. The first kappa shape index (κ1) is 10.9. The molecule has 0 aromatic heterocycles. The van der Waals surface area contributed by atoms with E-state index in [9.17, 15) is 4.39 Å². The summed E-state index contributed by atoms with van der Waals surface area (Å²) < 4.78 is 13.7. The highest BCUT2D eigenvalue weighted by atomic mass is 79.9. The summed E-state index contributed by atoms with van der Waals surface area (Å²) in [6.45, 7) is -0.301. The Labute approximate surface area is 88.6 Å². The van der Waals surface area contributed by atoms with Crippen LogP contribution in [0.15, 0.2) is 16.6 Å². The molecule has 1 atom stereocenters. The lowest BCUT2D eigenvalue weighted by atomic mass is 10.1. The predicted octanol–water partition coefficient (Wildman–Crippen LogP) is 2.23. The summed E-state index contributed by atoms with van der Waals surface area (Å²) >= 11 is 8.79. The second kappa shape index (κ2) is 4.37. The third kappa shape index (κ3) is 2.40. The van der Waals surface area contributed by atoms with Gasteiger partial charge in [0, 0.05) is 10.0 Å². The molecule has 2 nitrogen and oxygen atoms in total. The van der Waals surface area contributed by atoms with E-state index < -0.39 is 11.9 Å². The Hall–Kier alpha value is -0.160. The fourth-order valence-corrected chi connectivity index (χ4v) is 1.43. The van der Waals surface area contributed by atoms with E-state index >= 15 is 0 Å². The molecule has 0 saturated carbocycles. The molecular weight excluding hydrogens is 260 g/mol. The summed E-state index contributed by atoms with van der Waals surface area (Å²) in [6.07, 6.45) is 0. The third-order valence-corrected chi connectivity index (χ3v) is 2.83. The maximum atomic E-state index is 13.2. The number of aliphatic hydroxyl groups excluding tert-OH is 1. The van der Waals surface area contributed by atoms with Crippen molar-refractivity contribution in [3.8, 4) is 0 Å². The van der Waals surface area contributed by atoms with Crippen molar-refractivity contribution in [1.82, 2.24) is 0 Å². The molecule has 1 aromatic rings. The summed E-state index contributed by atoms with van der Waals surface area (Å²) in [4.78, 5) is 0. The normalized spacial score (nSPS) is 13.0. The van der Waals surface area contributed by atoms with Crippen molar-refractivity contribution in [2.45, 2.75) is 6.04 Å². The van der Waals surface area contributed by atoms with Gasteiger partial charge in [-0.25, -0.2) is 4.39 Å². The molecule has 5 heteroatoms. The van der Waals surface area contributed by atoms with Gasteiger partial charge >= 0.3 is 0 Å². The van der Waals surface area contributed by atoms with Crippen molar-refractivity contribution in [2.75, 3.05) is 6.61 Å². The van der Waals surface area contributed by atoms with Crippen molar-refractivity contribution < 1.29 is 9.50 Å². The fourth-order valence-electron chi connectivity index (χ4n) is 0.920. The molecule has 0 aliphatic rings. The summed E-state index contributed by atoms with van der Waals surface area (Å²) in [5.41, 5.74) is 5.71. The van der Waals surface area contributed by atoms with Gasteiger partial charge in [-0.05, 0) is 28.1 Å². The van der Waals surface area contributed by atoms with E-state index in [2.05, 4.69) is 15.9 Å². The monoisotopic (exact) mass is 267 g/mol. The zero-order chi connectivity index (χ0) is 10.0. The van der Waals surface area contributed by atoms with Crippen molar-refractivity contribution in [2.24, 2.45) is 5.73 Å². The highest BCUT2D eigenvalue weighted by molar-refractivity contribution is 9.10. The average Bonchev–Trinajstić information content (AvgIpc) is 2.10. The number of hydrogen-bond donors (Lipinski definition) is 2. The van der Waals surface area contributed by atoms with Gasteiger partial charge in [0.05, 0.1) is 17.7 Å². The van der Waals surface area contributed by atoms with Crippen LogP contribution in [0.3, 0.4) is 0 Å². The number of halogens is 3. The van der Waals surface area contributed by atoms with Crippen LogP contribution in [0.5, 0.6) is 0 Å². The Morgan fingerprint density at radius 3 is 2.77 bits per heavy atom. The third-order valence-electron chi connectivity index (χ3n) is 1.64. The van der Waals surface area contributed by atoms with Gasteiger partial charge < -0.3 is 10.8 Å². The van der Waals surface area contributed by atoms with Crippen LogP contribution >= 0.6 is 27.5 Å². The zero-order valence-electron chi connectivity index (χ0n) is 6.60. The van der Waals surface area contributed by atoms with E-state index in [1.54, 1.807) is 0 Å². The van der Waals surface area contributed by atoms with E-state index in [4.69, 9.17) is 22.4 Å². The quantitative estimate of drug-likeness (QED) is 0.808. The molecule has 0 amide bonds. The van der Waals surface area contributed by atoms with Gasteiger partial charge in [-0.3, -0.25) is 0 Å².